The highest BCUT2D eigenvalue weighted by atomic mass is 32.1. The summed E-state index contributed by atoms with van der Waals surface area (Å²) in [6.45, 7) is 2.07. The van der Waals surface area contributed by atoms with Gasteiger partial charge in [-0.1, -0.05) is 12.2 Å². The maximum atomic E-state index is 5.26. The molecule has 0 atom stereocenters. The molecular weight excluding hydrogens is 276 g/mol. The van der Waals surface area contributed by atoms with Crippen molar-refractivity contribution in [3.63, 3.8) is 0 Å². The molecule has 0 fully saturated rings. The highest BCUT2D eigenvalue weighted by Gasteiger charge is 2.08. The number of nitrogens with zero attached hydrogens (tertiary/aromatic N) is 3. The second-order valence-electron chi connectivity index (χ2n) is 4.35. The average Bonchev–Trinajstić information content (AvgIpc) is 2.97. The van der Waals surface area contributed by atoms with Crippen LogP contribution in [0.2, 0.25) is 0 Å². The molecule has 4 nitrogen and oxygen atoms in total. The lowest BCUT2D eigenvalue weighted by Crippen LogP contribution is -1.92. The fourth-order valence-electron chi connectivity index (χ4n) is 1.90. The van der Waals surface area contributed by atoms with E-state index in [0.29, 0.717) is 4.64 Å². The van der Waals surface area contributed by atoms with E-state index < -0.39 is 0 Å². The SMILES string of the molecule is Cc1cscc1-c1nc(=S)cc(-c2cnn(C)c2)[nH]1. The molecular formula is C13H12N4S2. The Balaban J connectivity index is 2.16. The van der Waals surface area contributed by atoms with E-state index in [4.69, 9.17) is 12.2 Å². The number of nitrogens with one attached hydrogen (secondary N) is 1. The molecule has 19 heavy (non-hydrogen) atoms. The molecule has 3 rings (SSSR count). The van der Waals surface area contributed by atoms with Crippen molar-refractivity contribution in [2.24, 2.45) is 7.05 Å². The van der Waals surface area contributed by atoms with E-state index in [1.54, 1.807) is 16.0 Å². The normalized spacial score (nSPS) is 10.8. The lowest BCUT2D eigenvalue weighted by Gasteiger charge is -2.04. The van der Waals surface area contributed by atoms with E-state index >= 15 is 0 Å². The third-order valence-corrected chi connectivity index (χ3v) is 3.94. The molecule has 0 spiro atoms. The van der Waals surface area contributed by atoms with Crippen LogP contribution >= 0.6 is 23.6 Å². The largest absolute Gasteiger partial charge is 0.339 e. The molecule has 0 aliphatic carbocycles. The molecule has 3 aromatic heterocycles. The number of aryl methyl sites for hydroxylation is 2. The summed E-state index contributed by atoms with van der Waals surface area (Å²) >= 11 is 6.92. The van der Waals surface area contributed by atoms with Crippen molar-refractivity contribution in [3.8, 4) is 22.6 Å². The van der Waals surface area contributed by atoms with Gasteiger partial charge in [0.15, 0.2) is 0 Å². The van der Waals surface area contributed by atoms with E-state index in [9.17, 15) is 0 Å². The molecule has 96 valence electrons. The van der Waals surface area contributed by atoms with Gasteiger partial charge in [-0.3, -0.25) is 4.68 Å². The number of H-pyrrole nitrogens is 1. The van der Waals surface area contributed by atoms with Crippen molar-refractivity contribution in [2.45, 2.75) is 6.92 Å². The fourth-order valence-corrected chi connectivity index (χ4v) is 2.95. The van der Waals surface area contributed by atoms with Gasteiger partial charge in [0.25, 0.3) is 0 Å². The number of thiophene rings is 1. The topological polar surface area (TPSA) is 46.5 Å². The molecule has 3 aromatic rings. The summed E-state index contributed by atoms with van der Waals surface area (Å²) in [5.74, 6) is 0.810. The lowest BCUT2D eigenvalue weighted by molar-refractivity contribution is 0.768. The molecule has 0 amide bonds. The van der Waals surface area contributed by atoms with Crippen LogP contribution in [-0.2, 0) is 7.05 Å². The molecule has 6 heteroatoms. The van der Waals surface area contributed by atoms with E-state index in [0.717, 1.165) is 22.6 Å². The summed E-state index contributed by atoms with van der Waals surface area (Å²) in [6, 6.07) is 1.86. The molecule has 0 unspecified atom stereocenters. The molecule has 0 aromatic carbocycles. The van der Waals surface area contributed by atoms with Crippen molar-refractivity contribution in [1.29, 1.82) is 0 Å². The van der Waals surface area contributed by atoms with Crippen LogP contribution in [0.1, 0.15) is 5.56 Å². The smallest absolute Gasteiger partial charge is 0.140 e. The van der Waals surface area contributed by atoms with Crippen molar-refractivity contribution in [2.75, 3.05) is 0 Å². The van der Waals surface area contributed by atoms with E-state index in [2.05, 4.69) is 32.8 Å². The zero-order chi connectivity index (χ0) is 13.4. The van der Waals surface area contributed by atoms with Gasteiger partial charge in [-0.05, 0) is 23.9 Å². The highest BCUT2D eigenvalue weighted by molar-refractivity contribution is 7.71. The van der Waals surface area contributed by atoms with Crippen LogP contribution in [0.4, 0.5) is 0 Å². The van der Waals surface area contributed by atoms with Crippen LogP contribution in [0.15, 0.2) is 29.2 Å². The molecule has 0 aliphatic rings. The summed E-state index contributed by atoms with van der Waals surface area (Å²) < 4.78 is 2.35. The maximum Gasteiger partial charge on any atom is 0.140 e. The van der Waals surface area contributed by atoms with E-state index in [-0.39, 0.29) is 0 Å². The van der Waals surface area contributed by atoms with E-state index in [1.165, 1.54) is 5.56 Å². The van der Waals surface area contributed by atoms with E-state index in [1.807, 2.05) is 25.5 Å². The highest BCUT2D eigenvalue weighted by Crippen LogP contribution is 2.26. The molecule has 3 heterocycles. The van der Waals surface area contributed by atoms with Crippen molar-refractivity contribution >= 4 is 23.6 Å². The number of rotatable bonds is 2. The van der Waals surface area contributed by atoms with Gasteiger partial charge in [-0.2, -0.15) is 16.4 Å². The Morgan fingerprint density at radius 3 is 2.84 bits per heavy atom. The molecule has 1 N–H and O–H groups in total. The minimum absolute atomic E-state index is 0.582. The van der Waals surface area contributed by atoms with Gasteiger partial charge in [-0.15, -0.1) is 0 Å². The standard InChI is InChI=1S/C13H12N4S2/c1-8-6-19-7-10(8)13-15-11(3-12(18)16-13)9-4-14-17(2)5-9/h3-7H,1-2H3,(H,15,16,18). The number of hydrogen-bond donors (Lipinski definition) is 1. The third kappa shape index (κ3) is 2.36. The van der Waals surface area contributed by atoms with Gasteiger partial charge >= 0.3 is 0 Å². The Labute approximate surface area is 119 Å². The predicted molar refractivity (Wildman–Crippen MR) is 79.7 cm³/mol. The first kappa shape index (κ1) is 12.3. The number of hydrogen-bond acceptors (Lipinski definition) is 4. The Hall–Kier alpha value is -1.79. The molecule has 0 bridgehead atoms. The first-order valence-electron chi connectivity index (χ1n) is 5.77. The molecule has 0 saturated heterocycles. The average molecular weight is 288 g/mol. The zero-order valence-corrected chi connectivity index (χ0v) is 12.2. The van der Waals surface area contributed by atoms with Crippen molar-refractivity contribution in [1.82, 2.24) is 19.7 Å². The Morgan fingerprint density at radius 2 is 2.21 bits per heavy atom. The Morgan fingerprint density at radius 1 is 1.37 bits per heavy atom. The predicted octanol–water partition coefficient (Wildman–Crippen LogP) is 3.58. The van der Waals surface area contributed by atoms with Crippen LogP contribution < -0.4 is 0 Å². The Bertz CT molecular complexity index is 782. The quantitative estimate of drug-likeness (QED) is 0.733. The second kappa shape index (κ2) is 4.71. The fraction of sp³-hybridized carbons (Fsp3) is 0.154. The number of aromatic nitrogens is 4. The summed E-state index contributed by atoms with van der Waals surface area (Å²) in [5, 5.41) is 8.36. The van der Waals surface area contributed by atoms with Crippen LogP contribution in [0.5, 0.6) is 0 Å². The number of aromatic amines is 1. The third-order valence-electron chi connectivity index (χ3n) is 2.87. The molecule has 0 aliphatic heterocycles. The van der Waals surface area contributed by atoms with Crippen molar-refractivity contribution in [3.05, 3.63) is 39.4 Å². The molecule has 0 saturated carbocycles. The summed E-state index contributed by atoms with van der Waals surface area (Å²) in [7, 11) is 1.89. The zero-order valence-electron chi connectivity index (χ0n) is 10.5. The van der Waals surface area contributed by atoms with Gasteiger partial charge in [0.05, 0.1) is 11.9 Å². The van der Waals surface area contributed by atoms with Crippen LogP contribution in [0.25, 0.3) is 22.6 Å². The second-order valence-corrected chi connectivity index (χ2v) is 5.51. The first-order chi connectivity index (χ1) is 9.13. The van der Waals surface area contributed by atoms with Gasteiger partial charge < -0.3 is 4.98 Å². The lowest BCUT2D eigenvalue weighted by atomic mass is 10.2. The minimum atomic E-state index is 0.582. The minimum Gasteiger partial charge on any atom is -0.339 e. The van der Waals surface area contributed by atoms with Crippen molar-refractivity contribution < 1.29 is 0 Å². The van der Waals surface area contributed by atoms with Gasteiger partial charge in [0.2, 0.25) is 0 Å². The summed E-state index contributed by atoms with van der Waals surface area (Å²) in [6.07, 6.45) is 3.76. The van der Waals surface area contributed by atoms with Crippen LogP contribution in [0.3, 0.4) is 0 Å². The van der Waals surface area contributed by atoms with Crippen LogP contribution in [-0.4, -0.2) is 19.7 Å². The Kier molecular flexibility index (Phi) is 3.04. The molecule has 0 radical (unpaired) electrons. The monoisotopic (exact) mass is 288 g/mol. The first-order valence-corrected chi connectivity index (χ1v) is 7.12. The summed E-state index contributed by atoms with van der Waals surface area (Å²) in [4.78, 5) is 7.74. The summed E-state index contributed by atoms with van der Waals surface area (Å²) in [5.41, 5.74) is 4.24. The maximum absolute atomic E-state index is 5.26. The van der Waals surface area contributed by atoms with Crippen LogP contribution in [0, 0.1) is 11.6 Å². The van der Waals surface area contributed by atoms with Gasteiger partial charge in [0, 0.05) is 29.8 Å². The van der Waals surface area contributed by atoms with Gasteiger partial charge in [-0.25, -0.2) is 4.98 Å². The van der Waals surface area contributed by atoms with Gasteiger partial charge in [0.1, 0.15) is 10.5 Å².